The van der Waals surface area contributed by atoms with Gasteiger partial charge in [0.05, 0.1) is 11.8 Å². The normalized spacial score (nSPS) is 19.8. The van der Waals surface area contributed by atoms with Gasteiger partial charge in [0, 0.05) is 32.5 Å². The number of carbonyl (C=O) groups excluding carboxylic acids is 1. The van der Waals surface area contributed by atoms with Gasteiger partial charge in [-0.1, -0.05) is 0 Å². The highest BCUT2D eigenvalue weighted by Gasteiger charge is 2.32. The summed E-state index contributed by atoms with van der Waals surface area (Å²) in [6.45, 7) is 7.31. The van der Waals surface area contributed by atoms with E-state index in [-0.39, 0.29) is 45.7 Å². The van der Waals surface area contributed by atoms with Gasteiger partial charge in [0.15, 0.2) is 5.65 Å². The Morgan fingerprint density at radius 3 is 2.55 bits per heavy atom. The molecule has 3 aromatic heterocycles. The molecule has 1 aliphatic rings. The number of methoxy groups -OCH3 is 1. The van der Waals surface area contributed by atoms with Gasteiger partial charge in [-0.2, -0.15) is 9.61 Å². The highest BCUT2D eigenvalue weighted by Crippen LogP contribution is 2.36. The van der Waals surface area contributed by atoms with Crippen molar-refractivity contribution in [1.29, 1.82) is 0 Å². The Kier molecular flexibility index (Phi) is 7.20. The maximum atomic E-state index is 13.4. The Labute approximate surface area is 220 Å². The van der Waals surface area contributed by atoms with Crippen LogP contribution >= 0.6 is 0 Å². The van der Waals surface area contributed by atoms with E-state index in [2.05, 4.69) is 22.3 Å². The molecule has 0 unspecified atom stereocenters. The number of anilines is 3. The Morgan fingerprint density at radius 1 is 1.26 bits per heavy atom. The Balaban J connectivity index is 1.71. The topological polar surface area (TPSA) is 140 Å². The molecule has 0 radical (unpaired) electrons. The van der Waals surface area contributed by atoms with Gasteiger partial charge in [-0.05, 0) is 65.5 Å². The molecule has 0 spiro atoms. The van der Waals surface area contributed by atoms with Gasteiger partial charge < -0.3 is 24.5 Å². The van der Waals surface area contributed by atoms with E-state index in [4.69, 9.17) is 9.47 Å². The summed E-state index contributed by atoms with van der Waals surface area (Å²) in [4.78, 5) is 43.6. The van der Waals surface area contributed by atoms with E-state index in [0.29, 0.717) is 0 Å². The highest BCUT2D eigenvalue weighted by atomic mass is 16.6. The molecule has 0 aliphatic heterocycles. The number of aromatic nitrogens is 4. The largest absolute Gasteiger partial charge is 0.477 e. The van der Waals surface area contributed by atoms with Crippen molar-refractivity contribution in [3.63, 3.8) is 0 Å². The van der Waals surface area contributed by atoms with Gasteiger partial charge >= 0.3 is 12.1 Å². The van der Waals surface area contributed by atoms with Crippen LogP contribution in [0.2, 0.25) is 0 Å². The zero-order chi connectivity index (χ0) is 27.8. The van der Waals surface area contributed by atoms with Crippen molar-refractivity contribution in [2.24, 2.45) is 0 Å². The number of fused-ring (bicyclic) bond motifs is 1. The van der Waals surface area contributed by atoms with E-state index >= 15 is 0 Å². The summed E-state index contributed by atoms with van der Waals surface area (Å²) in [6, 6.07) is 4.96. The number of ether oxygens (including phenoxy) is 2. The molecule has 0 aromatic carbocycles. The molecule has 12 heteroatoms. The van der Waals surface area contributed by atoms with E-state index in [0.717, 1.165) is 31.9 Å². The lowest BCUT2D eigenvalue weighted by Gasteiger charge is -2.36. The van der Waals surface area contributed by atoms with E-state index in [9.17, 15) is 19.5 Å². The second-order valence-electron chi connectivity index (χ2n) is 10.8. The molecule has 0 atom stereocenters. The van der Waals surface area contributed by atoms with Gasteiger partial charge in [-0.15, -0.1) is 0 Å². The van der Waals surface area contributed by atoms with E-state index in [1.54, 1.807) is 50.8 Å². The number of carboxylic acid groups (broad SMARTS) is 1. The molecule has 1 aliphatic carbocycles. The van der Waals surface area contributed by atoms with Crippen LogP contribution in [0.15, 0.2) is 35.4 Å². The van der Waals surface area contributed by atoms with Crippen molar-refractivity contribution >= 4 is 35.0 Å². The SMILES string of the molecule is COC1(C)CCC(n2cccc(Nc3cc(N(C)C(=O)OC(C)(C)C)n4ncc(C(=O)O)c4n3)c2=O)CC1. The second kappa shape index (κ2) is 10.1. The highest BCUT2D eigenvalue weighted by molar-refractivity contribution is 5.95. The predicted octanol–water partition coefficient (Wildman–Crippen LogP) is 4.22. The molecule has 3 aromatic rings. The molecule has 204 valence electrons. The first kappa shape index (κ1) is 27.1. The van der Waals surface area contributed by atoms with Crippen LogP contribution in [0.4, 0.5) is 22.1 Å². The quantitative estimate of drug-likeness (QED) is 0.483. The third kappa shape index (κ3) is 5.49. The zero-order valence-corrected chi connectivity index (χ0v) is 22.5. The smallest absolute Gasteiger partial charge is 0.415 e. The summed E-state index contributed by atoms with van der Waals surface area (Å²) in [5, 5.41) is 16.8. The van der Waals surface area contributed by atoms with Crippen molar-refractivity contribution in [3.8, 4) is 0 Å². The van der Waals surface area contributed by atoms with Crippen LogP contribution in [0.1, 0.15) is 69.8 Å². The molecule has 2 N–H and O–H groups in total. The number of nitrogens with one attached hydrogen (secondary N) is 1. The summed E-state index contributed by atoms with van der Waals surface area (Å²) in [6.07, 6.45) is 5.57. The van der Waals surface area contributed by atoms with Gasteiger partial charge in [-0.3, -0.25) is 9.69 Å². The fourth-order valence-electron chi connectivity index (χ4n) is 4.55. The summed E-state index contributed by atoms with van der Waals surface area (Å²) in [5.41, 5.74) is -1.03. The first-order valence-electron chi connectivity index (χ1n) is 12.4. The van der Waals surface area contributed by atoms with Gasteiger partial charge in [0.1, 0.15) is 28.5 Å². The summed E-state index contributed by atoms with van der Waals surface area (Å²) < 4.78 is 14.1. The summed E-state index contributed by atoms with van der Waals surface area (Å²) in [5.74, 6) is -0.837. The molecular formula is C26H34N6O6. The predicted molar refractivity (Wildman–Crippen MR) is 141 cm³/mol. The Bertz CT molecular complexity index is 1410. The molecule has 38 heavy (non-hydrogen) atoms. The lowest BCUT2D eigenvalue weighted by Crippen LogP contribution is -2.36. The van der Waals surface area contributed by atoms with Crippen LogP contribution in [0.5, 0.6) is 0 Å². The van der Waals surface area contributed by atoms with Crippen LogP contribution in [-0.4, -0.2) is 61.7 Å². The van der Waals surface area contributed by atoms with Crippen LogP contribution in [0, 0.1) is 0 Å². The number of hydrogen-bond acceptors (Lipinski definition) is 8. The minimum Gasteiger partial charge on any atom is -0.477 e. The van der Waals surface area contributed by atoms with Crippen LogP contribution < -0.4 is 15.8 Å². The fourth-order valence-corrected chi connectivity index (χ4v) is 4.55. The lowest BCUT2D eigenvalue weighted by molar-refractivity contribution is -0.0324. The van der Waals surface area contributed by atoms with Crippen molar-refractivity contribution in [1.82, 2.24) is 19.2 Å². The van der Waals surface area contributed by atoms with Crippen LogP contribution in [0.3, 0.4) is 0 Å². The van der Waals surface area contributed by atoms with Crippen molar-refractivity contribution in [3.05, 3.63) is 46.5 Å². The molecular weight excluding hydrogens is 492 g/mol. The molecule has 0 bridgehead atoms. The number of hydrogen-bond donors (Lipinski definition) is 2. The van der Waals surface area contributed by atoms with Crippen molar-refractivity contribution in [2.75, 3.05) is 24.4 Å². The molecule has 4 rings (SSSR count). The third-order valence-electron chi connectivity index (χ3n) is 6.83. The average molecular weight is 527 g/mol. The molecule has 1 fully saturated rings. The number of rotatable bonds is 6. The molecule has 1 saturated carbocycles. The lowest BCUT2D eigenvalue weighted by atomic mass is 9.83. The fraction of sp³-hybridized carbons (Fsp3) is 0.500. The zero-order valence-electron chi connectivity index (χ0n) is 22.5. The number of carbonyl (C=O) groups is 2. The molecule has 0 saturated heterocycles. The van der Waals surface area contributed by atoms with Crippen molar-refractivity contribution in [2.45, 2.75) is 70.6 Å². The van der Waals surface area contributed by atoms with Crippen LogP contribution in [-0.2, 0) is 9.47 Å². The number of aromatic carboxylic acids is 1. The minimum atomic E-state index is -1.22. The average Bonchev–Trinajstić information content (AvgIpc) is 3.28. The Hall–Kier alpha value is -3.93. The number of pyridine rings is 1. The van der Waals surface area contributed by atoms with E-state index in [1.807, 2.05) is 0 Å². The Morgan fingerprint density at radius 2 is 1.95 bits per heavy atom. The minimum absolute atomic E-state index is 0.00953. The monoisotopic (exact) mass is 526 g/mol. The maximum absolute atomic E-state index is 13.4. The maximum Gasteiger partial charge on any atom is 0.415 e. The third-order valence-corrected chi connectivity index (χ3v) is 6.83. The van der Waals surface area contributed by atoms with Gasteiger partial charge in [0.25, 0.3) is 5.56 Å². The number of amides is 1. The number of nitrogens with zero attached hydrogens (tertiary/aromatic N) is 5. The summed E-state index contributed by atoms with van der Waals surface area (Å²) in [7, 11) is 3.20. The first-order chi connectivity index (χ1) is 17.8. The van der Waals surface area contributed by atoms with Crippen molar-refractivity contribution < 1.29 is 24.2 Å². The molecule has 12 nitrogen and oxygen atoms in total. The molecule has 3 heterocycles. The summed E-state index contributed by atoms with van der Waals surface area (Å²) >= 11 is 0. The van der Waals surface area contributed by atoms with E-state index < -0.39 is 17.7 Å². The standard InChI is InChI=1S/C26H34N6O6/c1-25(2,3)38-24(36)30(5)20-14-19(29-21-17(23(34)35)15-27-32(20)21)28-18-8-7-13-31(22(18)33)16-9-11-26(4,37-6)12-10-16/h7-8,13-16H,9-12H2,1-6H3,(H,28,29)(H,34,35). The van der Waals surface area contributed by atoms with Gasteiger partial charge in [-0.25, -0.2) is 14.6 Å². The van der Waals surface area contributed by atoms with Gasteiger partial charge in [0.2, 0.25) is 0 Å². The van der Waals surface area contributed by atoms with Crippen LogP contribution in [0.25, 0.3) is 5.65 Å². The second-order valence-corrected chi connectivity index (χ2v) is 10.8. The van der Waals surface area contributed by atoms with E-state index in [1.165, 1.54) is 22.5 Å². The first-order valence-corrected chi connectivity index (χ1v) is 12.4. The molecule has 1 amide bonds. The number of carboxylic acids is 1.